The van der Waals surface area contributed by atoms with Gasteiger partial charge in [-0.05, 0) is 26.8 Å². The molecule has 4 nitrogen and oxygen atoms in total. The lowest BCUT2D eigenvalue weighted by Crippen LogP contribution is -2.49. The first-order valence-corrected chi connectivity index (χ1v) is 5.21. The maximum Gasteiger partial charge on any atom is 0.324 e. The number of ether oxygens (including phenoxy) is 1. The molecule has 0 saturated carbocycles. The molecular formula is C10H21ClN2O2. The van der Waals surface area contributed by atoms with E-state index in [1.165, 1.54) is 7.11 Å². The Morgan fingerprint density at radius 1 is 1.53 bits per heavy atom. The van der Waals surface area contributed by atoms with E-state index in [4.69, 9.17) is 4.74 Å². The number of nitrogens with one attached hydrogen (secondary N) is 1. The van der Waals surface area contributed by atoms with Gasteiger partial charge in [0, 0.05) is 19.1 Å². The fraction of sp³-hybridized carbons (Fsp3) is 0.900. The van der Waals surface area contributed by atoms with Crippen LogP contribution in [0.1, 0.15) is 20.3 Å². The van der Waals surface area contributed by atoms with Crippen molar-refractivity contribution in [3.63, 3.8) is 0 Å². The van der Waals surface area contributed by atoms with E-state index in [1.807, 2.05) is 0 Å². The highest BCUT2D eigenvalue weighted by atomic mass is 35.5. The number of halogens is 1. The molecule has 0 aromatic heterocycles. The molecule has 1 N–H and O–H groups in total. The van der Waals surface area contributed by atoms with Gasteiger partial charge in [0.1, 0.15) is 6.04 Å². The van der Waals surface area contributed by atoms with Crippen LogP contribution >= 0.6 is 12.4 Å². The van der Waals surface area contributed by atoms with Gasteiger partial charge in [-0.15, -0.1) is 12.4 Å². The minimum absolute atomic E-state index is 0. The maximum absolute atomic E-state index is 11.5. The van der Waals surface area contributed by atoms with Crippen molar-refractivity contribution in [3.05, 3.63) is 0 Å². The Morgan fingerprint density at radius 3 is 2.73 bits per heavy atom. The number of hydrogen-bond acceptors (Lipinski definition) is 4. The van der Waals surface area contributed by atoms with Crippen molar-refractivity contribution in [2.45, 2.75) is 32.4 Å². The summed E-state index contributed by atoms with van der Waals surface area (Å²) in [4.78, 5) is 13.7. The van der Waals surface area contributed by atoms with Crippen molar-refractivity contribution in [3.8, 4) is 0 Å². The highest BCUT2D eigenvalue weighted by Gasteiger charge is 2.29. The second-order valence-electron chi connectivity index (χ2n) is 3.93. The number of esters is 1. The largest absolute Gasteiger partial charge is 0.468 e. The van der Waals surface area contributed by atoms with Gasteiger partial charge >= 0.3 is 5.97 Å². The summed E-state index contributed by atoms with van der Waals surface area (Å²) in [5.41, 5.74) is 0. The number of methoxy groups -OCH3 is 1. The Balaban J connectivity index is 0.00000196. The smallest absolute Gasteiger partial charge is 0.324 e. The molecule has 1 saturated heterocycles. The summed E-state index contributed by atoms with van der Waals surface area (Å²) < 4.78 is 4.81. The second-order valence-corrected chi connectivity index (χ2v) is 3.93. The first-order chi connectivity index (χ1) is 6.66. The number of carbonyl (C=O) groups excluding carboxylic acids is 1. The first kappa shape index (κ1) is 14.7. The number of rotatable bonds is 2. The molecule has 5 heteroatoms. The molecule has 1 rings (SSSR count). The number of nitrogens with zero attached hydrogens (tertiary/aromatic N) is 1. The molecule has 1 aliphatic rings. The highest BCUT2D eigenvalue weighted by molar-refractivity contribution is 5.85. The lowest BCUT2D eigenvalue weighted by Gasteiger charge is -2.30. The van der Waals surface area contributed by atoms with E-state index < -0.39 is 0 Å². The average Bonchev–Trinajstić information content (AvgIpc) is 2.41. The third-order valence-corrected chi connectivity index (χ3v) is 2.64. The molecule has 0 amide bonds. The SMILES string of the molecule is COC(=O)C1CNCCCN1C(C)C.Cl. The van der Waals surface area contributed by atoms with Crippen LogP contribution in [0, 0.1) is 0 Å². The van der Waals surface area contributed by atoms with Crippen LogP contribution in [0.4, 0.5) is 0 Å². The fourth-order valence-corrected chi connectivity index (χ4v) is 1.87. The molecule has 0 aliphatic carbocycles. The average molecular weight is 237 g/mol. The van der Waals surface area contributed by atoms with E-state index in [0.717, 1.165) is 19.5 Å². The minimum atomic E-state index is -0.131. The van der Waals surface area contributed by atoms with Crippen molar-refractivity contribution >= 4 is 18.4 Å². The third kappa shape index (κ3) is 3.97. The normalized spacial score (nSPS) is 23.1. The molecule has 1 atom stereocenters. The van der Waals surface area contributed by atoms with E-state index in [2.05, 4.69) is 24.1 Å². The van der Waals surface area contributed by atoms with Gasteiger partial charge in [-0.3, -0.25) is 9.69 Å². The van der Waals surface area contributed by atoms with Crippen molar-refractivity contribution in [1.29, 1.82) is 0 Å². The lowest BCUT2D eigenvalue weighted by molar-refractivity contribution is -0.147. The van der Waals surface area contributed by atoms with Gasteiger partial charge in [-0.2, -0.15) is 0 Å². The van der Waals surface area contributed by atoms with Crippen LogP contribution in [-0.2, 0) is 9.53 Å². The second kappa shape index (κ2) is 7.04. The van der Waals surface area contributed by atoms with Crippen LogP contribution in [0.5, 0.6) is 0 Å². The summed E-state index contributed by atoms with van der Waals surface area (Å²) >= 11 is 0. The molecular weight excluding hydrogens is 216 g/mol. The lowest BCUT2D eigenvalue weighted by atomic mass is 10.2. The van der Waals surface area contributed by atoms with Crippen LogP contribution in [0.15, 0.2) is 0 Å². The van der Waals surface area contributed by atoms with Crippen molar-refractivity contribution in [2.24, 2.45) is 0 Å². The summed E-state index contributed by atoms with van der Waals surface area (Å²) in [6.45, 7) is 6.87. The summed E-state index contributed by atoms with van der Waals surface area (Å²) in [5.74, 6) is -0.131. The van der Waals surface area contributed by atoms with Gasteiger partial charge in [0.2, 0.25) is 0 Å². The molecule has 90 valence electrons. The Kier molecular flexibility index (Phi) is 6.89. The zero-order chi connectivity index (χ0) is 10.6. The van der Waals surface area contributed by atoms with Crippen LogP contribution in [0.3, 0.4) is 0 Å². The number of carbonyl (C=O) groups is 1. The summed E-state index contributed by atoms with van der Waals surface area (Å²) in [5, 5.41) is 3.25. The highest BCUT2D eigenvalue weighted by Crippen LogP contribution is 2.10. The van der Waals surface area contributed by atoms with Crippen LogP contribution in [-0.4, -0.2) is 49.7 Å². The molecule has 1 fully saturated rings. The molecule has 1 heterocycles. The quantitative estimate of drug-likeness (QED) is 0.715. The van der Waals surface area contributed by atoms with Gasteiger partial charge in [-0.25, -0.2) is 0 Å². The molecule has 15 heavy (non-hydrogen) atoms. The predicted molar refractivity (Wildman–Crippen MR) is 62.4 cm³/mol. The van der Waals surface area contributed by atoms with Crippen LogP contribution in [0.25, 0.3) is 0 Å². The van der Waals surface area contributed by atoms with Gasteiger partial charge in [-0.1, -0.05) is 0 Å². The molecule has 1 aliphatic heterocycles. The Labute approximate surface area is 97.8 Å². The topological polar surface area (TPSA) is 41.6 Å². The Hall–Kier alpha value is -0.320. The van der Waals surface area contributed by atoms with Gasteiger partial charge < -0.3 is 10.1 Å². The van der Waals surface area contributed by atoms with Crippen molar-refractivity contribution in [1.82, 2.24) is 10.2 Å². The summed E-state index contributed by atoms with van der Waals surface area (Å²) in [6, 6.07) is 0.265. The molecule has 0 radical (unpaired) electrons. The Bertz CT molecular complexity index is 200. The molecule has 0 aromatic rings. The summed E-state index contributed by atoms with van der Waals surface area (Å²) in [7, 11) is 1.45. The van der Waals surface area contributed by atoms with Gasteiger partial charge in [0.05, 0.1) is 7.11 Å². The number of hydrogen-bond donors (Lipinski definition) is 1. The Morgan fingerprint density at radius 2 is 2.20 bits per heavy atom. The van der Waals surface area contributed by atoms with E-state index >= 15 is 0 Å². The van der Waals surface area contributed by atoms with E-state index in [-0.39, 0.29) is 24.4 Å². The summed E-state index contributed by atoms with van der Waals surface area (Å²) in [6.07, 6.45) is 1.09. The van der Waals surface area contributed by atoms with E-state index in [9.17, 15) is 4.79 Å². The predicted octanol–water partition coefficient (Wildman–Crippen LogP) is 0.653. The third-order valence-electron chi connectivity index (χ3n) is 2.64. The zero-order valence-corrected chi connectivity index (χ0v) is 10.5. The monoisotopic (exact) mass is 236 g/mol. The van der Waals surface area contributed by atoms with Crippen molar-refractivity contribution < 1.29 is 9.53 Å². The maximum atomic E-state index is 11.5. The van der Waals surface area contributed by atoms with E-state index in [0.29, 0.717) is 12.6 Å². The minimum Gasteiger partial charge on any atom is -0.468 e. The first-order valence-electron chi connectivity index (χ1n) is 5.21. The molecule has 0 aromatic carbocycles. The van der Waals surface area contributed by atoms with Crippen molar-refractivity contribution in [2.75, 3.05) is 26.7 Å². The van der Waals surface area contributed by atoms with Gasteiger partial charge in [0.25, 0.3) is 0 Å². The van der Waals surface area contributed by atoms with Crippen LogP contribution < -0.4 is 5.32 Å². The molecule has 0 spiro atoms. The molecule has 1 unspecified atom stereocenters. The standard InChI is InChI=1S/C10H20N2O2.ClH/c1-8(2)12-6-4-5-11-7-9(12)10(13)14-3;/h8-9,11H,4-7H2,1-3H3;1H. The van der Waals surface area contributed by atoms with E-state index in [1.54, 1.807) is 0 Å². The van der Waals surface area contributed by atoms with Gasteiger partial charge in [0.15, 0.2) is 0 Å². The van der Waals surface area contributed by atoms with Crippen LogP contribution in [0.2, 0.25) is 0 Å². The molecule has 0 bridgehead atoms. The zero-order valence-electron chi connectivity index (χ0n) is 9.66. The fourth-order valence-electron chi connectivity index (χ4n) is 1.87.